The minimum absolute atomic E-state index is 0.384. The molecule has 0 aromatic carbocycles. The van der Waals surface area contributed by atoms with Gasteiger partial charge in [0, 0.05) is 19.6 Å². The zero-order valence-corrected chi connectivity index (χ0v) is 14.4. The van der Waals surface area contributed by atoms with Gasteiger partial charge in [-0.2, -0.15) is 4.98 Å². The number of anilines is 2. The maximum atomic E-state index is 6.30. The molecule has 1 aromatic rings. The van der Waals surface area contributed by atoms with Crippen LogP contribution in [0.4, 0.5) is 11.8 Å². The normalized spacial score (nSPS) is 17.1. The molecule has 0 bridgehead atoms. The molecule has 5 heteroatoms. The third-order valence-electron chi connectivity index (χ3n) is 4.28. The molecule has 118 valence electrons. The quantitative estimate of drug-likeness (QED) is 0.904. The Hall–Kier alpha value is -1.03. The molecule has 1 aliphatic heterocycles. The highest BCUT2D eigenvalue weighted by Gasteiger charge is 2.29. The number of halogens is 1. The summed E-state index contributed by atoms with van der Waals surface area (Å²) in [5.74, 6) is 2.32. The standard InChI is InChI=1S/C16H27ClN4/c1-5-8-18-15-19-11-13(17)14(20-15)21-9-6-12(7-10-21)16(2,3)4/h11-12H,5-10H2,1-4H3,(H,18,19,20). The summed E-state index contributed by atoms with van der Waals surface area (Å²) < 4.78 is 0. The highest BCUT2D eigenvalue weighted by molar-refractivity contribution is 6.32. The molecule has 0 spiro atoms. The van der Waals surface area contributed by atoms with Crippen LogP contribution in [0, 0.1) is 11.3 Å². The summed E-state index contributed by atoms with van der Waals surface area (Å²) in [4.78, 5) is 11.1. The molecule has 1 saturated heterocycles. The van der Waals surface area contributed by atoms with E-state index in [-0.39, 0.29) is 0 Å². The number of hydrogen-bond donors (Lipinski definition) is 1. The van der Waals surface area contributed by atoms with Gasteiger partial charge in [-0.05, 0) is 30.6 Å². The second kappa shape index (κ2) is 6.82. The van der Waals surface area contributed by atoms with E-state index in [1.165, 1.54) is 12.8 Å². The van der Waals surface area contributed by atoms with E-state index in [9.17, 15) is 0 Å². The average molecular weight is 311 g/mol. The fourth-order valence-corrected chi connectivity index (χ4v) is 3.07. The van der Waals surface area contributed by atoms with E-state index in [1.54, 1.807) is 6.20 Å². The first-order chi connectivity index (χ1) is 9.91. The number of rotatable bonds is 4. The van der Waals surface area contributed by atoms with Crippen LogP contribution in [0.15, 0.2) is 6.20 Å². The Kier molecular flexibility index (Phi) is 5.31. The fourth-order valence-electron chi connectivity index (χ4n) is 2.86. The molecule has 1 N–H and O–H groups in total. The molecular weight excluding hydrogens is 284 g/mol. The molecule has 1 aromatic heterocycles. The van der Waals surface area contributed by atoms with Crippen molar-refractivity contribution in [1.82, 2.24) is 9.97 Å². The minimum Gasteiger partial charge on any atom is -0.355 e. The van der Waals surface area contributed by atoms with Crippen LogP contribution in [-0.2, 0) is 0 Å². The number of piperidine rings is 1. The molecule has 0 radical (unpaired) electrons. The van der Waals surface area contributed by atoms with E-state index < -0.39 is 0 Å². The van der Waals surface area contributed by atoms with Crippen LogP contribution >= 0.6 is 11.6 Å². The molecule has 4 nitrogen and oxygen atoms in total. The van der Waals surface area contributed by atoms with Crippen molar-refractivity contribution >= 4 is 23.4 Å². The summed E-state index contributed by atoms with van der Waals surface area (Å²) >= 11 is 6.30. The van der Waals surface area contributed by atoms with Crippen molar-refractivity contribution in [3.8, 4) is 0 Å². The first kappa shape index (κ1) is 16.3. The Morgan fingerprint density at radius 2 is 2.00 bits per heavy atom. The predicted octanol–water partition coefficient (Wildman–Crippen LogP) is 4.21. The maximum Gasteiger partial charge on any atom is 0.224 e. The third-order valence-corrected chi connectivity index (χ3v) is 4.54. The van der Waals surface area contributed by atoms with E-state index in [4.69, 9.17) is 11.6 Å². The first-order valence-electron chi connectivity index (χ1n) is 7.93. The molecule has 2 rings (SSSR count). The molecular formula is C16H27ClN4. The highest BCUT2D eigenvalue weighted by atomic mass is 35.5. The van der Waals surface area contributed by atoms with E-state index in [1.807, 2.05) is 0 Å². The minimum atomic E-state index is 0.384. The molecule has 0 aliphatic carbocycles. The van der Waals surface area contributed by atoms with Gasteiger partial charge >= 0.3 is 0 Å². The molecule has 21 heavy (non-hydrogen) atoms. The van der Waals surface area contributed by atoms with Gasteiger partial charge in [0.05, 0.1) is 6.20 Å². The monoisotopic (exact) mass is 310 g/mol. The zero-order valence-electron chi connectivity index (χ0n) is 13.6. The van der Waals surface area contributed by atoms with Crippen LogP contribution in [0.2, 0.25) is 5.02 Å². The zero-order chi connectivity index (χ0) is 15.5. The fraction of sp³-hybridized carbons (Fsp3) is 0.750. The molecule has 0 atom stereocenters. The van der Waals surface area contributed by atoms with Gasteiger partial charge in [-0.3, -0.25) is 0 Å². The van der Waals surface area contributed by atoms with Crippen molar-refractivity contribution in [1.29, 1.82) is 0 Å². The van der Waals surface area contributed by atoms with Gasteiger partial charge in [-0.1, -0.05) is 39.3 Å². The lowest BCUT2D eigenvalue weighted by Gasteiger charge is -2.39. The van der Waals surface area contributed by atoms with Gasteiger partial charge in [0.2, 0.25) is 5.95 Å². The smallest absolute Gasteiger partial charge is 0.224 e. The number of aromatic nitrogens is 2. The Morgan fingerprint density at radius 3 is 2.57 bits per heavy atom. The van der Waals surface area contributed by atoms with Crippen molar-refractivity contribution in [3.63, 3.8) is 0 Å². The van der Waals surface area contributed by atoms with Crippen LogP contribution in [0.1, 0.15) is 47.0 Å². The Bertz CT molecular complexity index is 462. The van der Waals surface area contributed by atoms with Crippen molar-refractivity contribution in [2.45, 2.75) is 47.0 Å². The molecule has 1 fully saturated rings. The van der Waals surface area contributed by atoms with Crippen LogP contribution in [0.5, 0.6) is 0 Å². The van der Waals surface area contributed by atoms with Crippen molar-refractivity contribution in [2.75, 3.05) is 29.9 Å². The summed E-state index contributed by atoms with van der Waals surface area (Å²) in [5.41, 5.74) is 0.384. The molecule has 0 amide bonds. The van der Waals surface area contributed by atoms with Crippen molar-refractivity contribution in [3.05, 3.63) is 11.2 Å². The topological polar surface area (TPSA) is 41.1 Å². The number of nitrogens with zero attached hydrogens (tertiary/aromatic N) is 3. The molecule has 0 saturated carbocycles. The summed E-state index contributed by atoms with van der Waals surface area (Å²) in [6, 6.07) is 0. The molecule has 2 heterocycles. The Morgan fingerprint density at radius 1 is 1.33 bits per heavy atom. The summed E-state index contributed by atoms with van der Waals surface area (Å²) in [5, 5.41) is 3.87. The van der Waals surface area contributed by atoms with E-state index in [0.29, 0.717) is 16.4 Å². The van der Waals surface area contributed by atoms with Crippen LogP contribution < -0.4 is 10.2 Å². The Balaban J connectivity index is 2.05. The lowest BCUT2D eigenvalue weighted by atomic mass is 9.75. The van der Waals surface area contributed by atoms with Crippen LogP contribution in [0.25, 0.3) is 0 Å². The molecule has 0 unspecified atom stereocenters. The molecule has 1 aliphatic rings. The second-order valence-corrected chi connectivity index (χ2v) is 7.33. The van der Waals surface area contributed by atoms with E-state index in [0.717, 1.165) is 37.8 Å². The highest BCUT2D eigenvalue weighted by Crippen LogP contribution is 2.36. The average Bonchev–Trinajstić information content (AvgIpc) is 2.46. The van der Waals surface area contributed by atoms with Crippen LogP contribution in [0.3, 0.4) is 0 Å². The summed E-state index contributed by atoms with van der Waals surface area (Å²) in [6.07, 6.45) is 5.15. The van der Waals surface area contributed by atoms with Crippen molar-refractivity contribution in [2.24, 2.45) is 11.3 Å². The van der Waals surface area contributed by atoms with Gasteiger partial charge in [-0.15, -0.1) is 0 Å². The third kappa shape index (κ3) is 4.22. The van der Waals surface area contributed by atoms with Crippen molar-refractivity contribution < 1.29 is 0 Å². The second-order valence-electron chi connectivity index (χ2n) is 6.92. The predicted molar refractivity (Wildman–Crippen MR) is 90.2 cm³/mol. The van der Waals surface area contributed by atoms with Gasteiger partial charge in [0.1, 0.15) is 5.02 Å². The lowest BCUT2D eigenvalue weighted by Crippen LogP contribution is -2.38. The van der Waals surface area contributed by atoms with Gasteiger partial charge in [-0.25, -0.2) is 4.98 Å². The van der Waals surface area contributed by atoms with Gasteiger partial charge in [0.25, 0.3) is 0 Å². The maximum absolute atomic E-state index is 6.30. The van der Waals surface area contributed by atoms with E-state index in [2.05, 4.69) is 47.9 Å². The largest absolute Gasteiger partial charge is 0.355 e. The van der Waals surface area contributed by atoms with Gasteiger partial charge in [0.15, 0.2) is 5.82 Å². The summed E-state index contributed by atoms with van der Waals surface area (Å²) in [7, 11) is 0. The Labute approximate surface area is 133 Å². The van der Waals surface area contributed by atoms with E-state index >= 15 is 0 Å². The summed E-state index contributed by atoms with van der Waals surface area (Å²) in [6.45, 7) is 12.0. The van der Waals surface area contributed by atoms with Crippen LogP contribution in [-0.4, -0.2) is 29.6 Å². The SMILES string of the molecule is CCCNc1ncc(Cl)c(N2CCC(C(C)(C)C)CC2)n1. The lowest BCUT2D eigenvalue weighted by molar-refractivity contribution is 0.198. The number of hydrogen-bond acceptors (Lipinski definition) is 4. The van der Waals surface area contributed by atoms with Gasteiger partial charge < -0.3 is 10.2 Å². The number of nitrogens with one attached hydrogen (secondary N) is 1. The first-order valence-corrected chi connectivity index (χ1v) is 8.31.